The topological polar surface area (TPSA) is 92.9 Å². The van der Waals surface area contributed by atoms with Crippen LogP contribution in [0.2, 0.25) is 5.02 Å². The molecular formula is C27H26ClN5O2. The third kappa shape index (κ3) is 3.93. The molecular weight excluding hydrogens is 462 g/mol. The lowest BCUT2D eigenvalue weighted by molar-refractivity contribution is 0.0684. The van der Waals surface area contributed by atoms with Crippen molar-refractivity contribution in [1.29, 1.82) is 0 Å². The minimum Gasteiger partial charge on any atom is -0.475 e. The standard InChI is InChI=1S/C27H26ClN5O2/c1-15-4-3-5-18(14-15)25-31-22-21(33(25)16(2)17-6-10-20(28)11-7-17)23(30-24(29-22)26(34)35)32-27(12-13-27)19-8-9-19/h3-7,10-11,14,16,19H,8-9,12-13H2,1-2H3,(H,34,35)(H,29,30,32). The number of imidazole rings is 1. The van der Waals surface area contributed by atoms with Crippen molar-refractivity contribution >= 4 is 34.6 Å². The van der Waals surface area contributed by atoms with Gasteiger partial charge in [-0.2, -0.15) is 0 Å². The average Bonchev–Trinajstić information content (AvgIpc) is 3.76. The Bertz CT molecular complexity index is 1450. The van der Waals surface area contributed by atoms with Gasteiger partial charge in [-0.15, -0.1) is 0 Å². The van der Waals surface area contributed by atoms with Gasteiger partial charge in [0.2, 0.25) is 5.82 Å². The molecule has 2 fully saturated rings. The molecule has 2 heterocycles. The SMILES string of the molecule is Cc1cccc(-c2nc3nc(C(=O)O)nc(NC4(C5CC5)CC4)c3n2C(C)c2ccc(Cl)cc2)c1. The number of nitrogens with one attached hydrogen (secondary N) is 1. The molecule has 2 aliphatic carbocycles. The van der Waals surface area contributed by atoms with Gasteiger partial charge in [-0.1, -0.05) is 47.5 Å². The van der Waals surface area contributed by atoms with Gasteiger partial charge in [0.1, 0.15) is 11.3 Å². The van der Waals surface area contributed by atoms with E-state index in [1.54, 1.807) is 0 Å². The lowest BCUT2D eigenvalue weighted by Gasteiger charge is -2.22. The fraction of sp³-hybridized carbons (Fsp3) is 0.333. The van der Waals surface area contributed by atoms with Crippen molar-refractivity contribution in [2.75, 3.05) is 5.32 Å². The first-order chi connectivity index (χ1) is 16.8. The van der Waals surface area contributed by atoms with Crippen LogP contribution in [0.4, 0.5) is 5.82 Å². The van der Waals surface area contributed by atoms with E-state index in [2.05, 4.69) is 32.8 Å². The van der Waals surface area contributed by atoms with Crippen LogP contribution in [0.3, 0.4) is 0 Å². The second-order valence-electron chi connectivity index (χ2n) is 9.83. The predicted molar refractivity (Wildman–Crippen MR) is 136 cm³/mol. The van der Waals surface area contributed by atoms with E-state index >= 15 is 0 Å². The summed E-state index contributed by atoms with van der Waals surface area (Å²) in [5, 5.41) is 14.1. The number of fused-ring (bicyclic) bond motifs is 1. The molecule has 2 aliphatic rings. The smallest absolute Gasteiger partial charge is 0.374 e. The molecule has 7 nitrogen and oxygen atoms in total. The predicted octanol–water partition coefficient (Wildman–Crippen LogP) is 6.12. The number of aromatic nitrogens is 4. The highest BCUT2D eigenvalue weighted by Gasteiger charge is 2.54. The number of benzene rings is 2. The molecule has 8 heteroatoms. The van der Waals surface area contributed by atoms with Crippen molar-refractivity contribution in [2.24, 2.45) is 5.92 Å². The largest absolute Gasteiger partial charge is 0.475 e. The molecule has 178 valence electrons. The maximum absolute atomic E-state index is 11.9. The van der Waals surface area contributed by atoms with Gasteiger partial charge in [-0.3, -0.25) is 0 Å². The Morgan fingerprint density at radius 2 is 1.89 bits per heavy atom. The Labute approximate surface area is 208 Å². The molecule has 2 aromatic carbocycles. The van der Waals surface area contributed by atoms with E-state index in [9.17, 15) is 9.90 Å². The summed E-state index contributed by atoms with van der Waals surface area (Å²) in [6.07, 6.45) is 4.53. The number of carboxylic acid groups (broad SMARTS) is 1. The zero-order valence-electron chi connectivity index (χ0n) is 19.6. The maximum Gasteiger partial charge on any atom is 0.374 e. The Hall–Kier alpha value is -3.45. The highest BCUT2D eigenvalue weighted by molar-refractivity contribution is 6.30. The number of aromatic carboxylic acids is 1. The van der Waals surface area contributed by atoms with Gasteiger partial charge in [0, 0.05) is 16.1 Å². The fourth-order valence-corrected chi connectivity index (χ4v) is 5.21. The number of aryl methyl sites for hydroxylation is 1. The monoisotopic (exact) mass is 487 g/mol. The number of anilines is 1. The molecule has 35 heavy (non-hydrogen) atoms. The number of hydrogen-bond acceptors (Lipinski definition) is 5. The number of rotatable bonds is 7. The average molecular weight is 488 g/mol. The van der Waals surface area contributed by atoms with Gasteiger partial charge in [0.25, 0.3) is 0 Å². The molecule has 0 bridgehead atoms. The summed E-state index contributed by atoms with van der Waals surface area (Å²) in [6, 6.07) is 15.8. The molecule has 0 radical (unpaired) electrons. The number of carbonyl (C=O) groups is 1. The van der Waals surface area contributed by atoms with Gasteiger partial charge >= 0.3 is 5.97 Å². The third-order valence-electron chi connectivity index (χ3n) is 7.27. The van der Waals surface area contributed by atoms with Crippen molar-refractivity contribution in [3.63, 3.8) is 0 Å². The summed E-state index contributed by atoms with van der Waals surface area (Å²) in [5.74, 6) is 0.475. The lowest BCUT2D eigenvalue weighted by Crippen LogP contribution is -2.26. The Kier molecular flexibility index (Phi) is 5.07. The zero-order chi connectivity index (χ0) is 24.3. The maximum atomic E-state index is 11.9. The van der Waals surface area contributed by atoms with Crippen LogP contribution in [0.25, 0.3) is 22.6 Å². The van der Waals surface area contributed by atoms with Gasteiger partial charge < -0.3 is 15.0 Å². The van der Waals surface area contributed by atoms with Crippen molar-refractivity contribution in [3.8, 4) is 11.4 Å². The molecule has 2 aromatic heterocycles. The molecule has 2 saturated carbocycles. The van der Waals surface area contributed by atoms with Gasteiger partial charge in [0.15, 0.2) is 11.5 Å². The Morgan fingerprint density at radius 3 is 2.51 bits per heavy atom. The summed E-state index contributed by atoms with van der Waals surface area (Å²) in [6.45, 7) is 4.15. The summed E-state index contributed by atoms with van der Waals surface area (Å²) >= 11 is 6.16. The van der Waals surface area contributed by atoms with Gasteiger partial charge in [0.05, 0.1) is 6.04 Å². The number of carboxylic acids is 1. The van der Waals surface area contributed by atoms with Crippen LogP contribution >= 0.6 is 11.6 Å². The minimum absolute atomic E-state index is 0.000828. The lowest BCUT2D eigenvalue weighted by atomic mass is 10.1. The minimum atomic E-state index is -1.16. The molecule has 0 aliphatic heterocycles. The van der Waals surface area contributed by atoms with Crippen LogP contribution in [0.1, 0.15) is 60.4 Å². The second kappa shape index (κ2) is 8.05. The number of hydrogen-bond donors (Lipinski definition) is 2. The Morgan fingerprint density at radius 1 is 1.14 bits per heavy atom. The van der Waals surface area contributed by atoms with E-state index < -0.39 is 5.97 Å². The van der Waals surface area contributed by atoms with Crippen molar-refractivity contribution < 1.29 is 9.90 Å². The molecule has 1 unspecified atom stereocenters. The highest BCUT2D eigenvalue weighted by Crippen LogP contribution is 2.55. The van der Waals surface area contributed by atoms with Crippen molar-refractivity contribution in [2.45, 2.75) is 51.1 Å². The summed E-state index contributed by atoms with van der Waals surface area (Å²) in [7, 11) is 0. The number of nitrogens with zero attached hydrogens (tertiary/aromatic N) is 4. The second-order valence-corrected chi connectivity index (χ2v) is 10.3. The van der Waals surface area contributed by atoms with E-state index in [4.69, 9.17) is 16.6 Å². The summed E-state index contributed by atoms with van der Waals surface area (Å²) in [5.41, 5.74) is 4.21. The van der Waals surface area contributed by atoms with Crippen LogP contribution in [0.5, 0.6) is 0 Å². The fourth-order valence-electron chi connectivity index (χ4n) is 5.08. The first-order valence-electron chi connectivity index (χ1n) is 12.0. The first-order valence-corrected chi connectivity index (χ1v) is 12.4. The number of halogens is 1. The molecule has 1 atom stereocenters. The first kappa shape index (κ1) is 22.0. The van der Waals surface area contributed by atoms with E-state index in [0.29, 0.717) is 22.4 Å². The molecule has 2 N–H and O–H groups in total. The normalized spacial score (nSPS) is 17.3. The van der Waals surface area contributed by atoms with Crippen molar-refractivity contribution in [1.82, 2.24) is 19.5 Å². The van der Waals surface area contributed by atoms with Crippen LogP contribution < -0.4 is 5.32 Å². The molecule has 0 saturated heterocycles. The van der Waals surface area contributed by atoms with Crippen LogP contribution in [-0.4, -0.2) is 36.1 Å². The van der Waals surface area contributed by atoms with Crippen LogP contribution in [-0.2, 0) is 0 Å². The van der Waals surface area contributed by atoms with Crippen LogP contribution in [0.15, 0.2) is 48.5 Å². The van der Waals surface area contributed by atoms with E-state index in [1.807, 2.05) is 49.4 Å². The highest BCUT2D eigenvalue weighted by atomic mass is 35.5. The third-order valence-corrected chi connectivity index (χ3v) is 7.52. The van der Waals surface area contributed by atoms with E-state index in [1.165, 1.54) is 12.8 Å². The van der Waals surface area contributed by atoms with E-state index in [-0.39, 0.29) is 17.4 Å². The zero-order valence-corrected chi connectivity index (χ0v) is 20.4. The Balaban J connectivity index is 1.61. The summed E-state index contributed by atoms with van der Waals surface area (Å²) < 4.78 is 2.13. The molecule has 4 aromatic rings. The van der Waals surface area contributed by atoms with E-state index in [0.717, 1.165) is 40.9 Å². The van der Waals surface area contributed by atoms with Gasteiger partial charge in [-0.25, -0.2) is 19.7 Å². The van der Waals surface area contributed by atoms with Gasteiger partial charge in [-0.05, 0) is 69.2 Å². The molecule has 6 rings (SSSR count). The van der Waals surface area contributed by atoms with Crippen molar-refractivity contribution in [3.05, 3.63) is 70.5 Å². The quantitative estimate of drug-likeness (QED) is 0.326. The van der Waals surface area contributed by atoms with Crippen LogP contribution in [0, 0.1) is 12.8 Å². The summed E-state index contributed by atoms with van der Waals surface area (Å²) in [4.78, 5) is 25.7. The molecule has 0 spiro atoms. The molecule has 0 amide bonds.